The molecule has 0 aliphatic rings. The first kappa shape index (κ1) is 18.6. The second-order valence-corrected chi connectivity index (χ2v) is 4.36. The lowest BCUT2D eigenvalue weighted by Crippen LogP contribution is -2.48. The third-order valence-electron chi connectivity index (χ3n) is 2.83. The minimum Gasteiger partial charge on any atom is -0.375 e. The average molecular weight is 341 g/mol. The van der Waals surface area contributed by atoms with Crippen LogP contribution >= 0.6 is 0 Å². The van der Waals surface area contributed by atoms with Crippen molar-refractivity contribution >= 4 is 0 Å². The van der Waals surface area contributed by atoms with Crippen LogP contribution in [0.4, 0.5) is 39.5 Å². The molecule has 0 fully saturated rings. The Labute approximate surface area is 117 Å². The summed E-state index contributed by atoms with van der Waals surface area (Å²) < 4.78 is 114. The Hall–Kier alpha value is -1.49. The molecule has 0 saturated carbocycles. The highest BCUT2D eigenvalue weighted by atomic mass is 19.4. The summed E-state index contributed by atoms with van der Waals surface area (Å²) >= 11 is 0. The summed E-state index contributed by atoms with van der Waals surface area (Å²) in [4.78, 5) is 0. The van der Waals surface area contributed by atoms with Crippen molar-refractivity contribution in [3.63, 3.8) is 0 Å². The van der Waals surface area contributed by atoms with Crippen LogP contribution in [0.2, 0.25) is 0 Å². The Morgan fingerprint density at radius 2 is 1.05 bits per heavy atom. The number of halogens is 9. The summed E-state index contributed by atoms with van der Waals surface area (Å²) in [5.74, 6) is 0. The molecule has 0 saturated heterocycles. The molecule has 3 N–H and O–H groups in total. The van der Waals surface area contributed by atoms with E-state index in [4.69, 9.17) is 5.73 Å². The van der Waals surface area contributed by atoms with Gasteiger partial charge in [-0.25, -0.2) is 0 Å². The maximum absolute atomic E-state index is 12.8. The molecule has 1 aromatic carbocycles. The van der Waals surface area contributed by atoms with E-state index in [9.17, 15) is 44.6 Å². The Balaban J connectivity index is 3.68. The van der Waals surface area contributed by atoms with Crippen LogP contribution in [0.5, 0.6) is 0 Å². The highest BCUT2D eigenvalue weighted by Crippen LogP contribution is 2.43. The van der Waals surface area contributed by atoms with E-state index in [0.29, 0.717) is 0 Å². The maximum Gasteiger partial charge on any atom is 0.422 e. The molecule has 0 radical (unpaired) electrons. The molecule has 0 heterocycles. The van der Waals surface area contributed by atoms with Crippen LogP contribution < -0.4 is 5.73 Å². The van der Waals surface area contributed by atoms with E-state index in [0.717, 1.165) is 0 Å². The quantitative estimate of drug-likeness (QED) is 0.810. The van der Waals surface area contributed by atoms with Gasteiger partial charge >= 0.3 is 18.5 Å². The molecular weight excluding hydrogens is 333 g/mol. The van der Waals surface area contributed by atoms with E-state index >= 15 is 0 Å². The van der Waals surface area contributed by atoms with Crippen LogP contribution in [0.25, 0.3) is 0 Å². The van der Waals surface area contributed by atoms with Crippen molar-refractivity contribution in [1.29, 1.82) is 0 Å². The predicted octanol–water partition coefficient (Wildman–Crippen LogP) is 3.43. The molecule has 1 atom stereocenters. The van der Waals surface area contributed by atoms with Crippen LogP contribution in [0, 0.1) is 0 Å². The molecular formula is C11H8F9NO. The minimum absolute atomic E-state index is 0.213. The first-order valence-corrected chi connectivity index (χ1v) is 5.42. The van der Waals surface area contributed by atoms with Gasteiger partial charge in [0, 0.05) is 6.54 Å². The van der Waals surface area contributed by atoms with Gasteiger partial charge in [-0.2, -0.15) is 39.5 Å². The first-order chi connectivity index (χ1) is 9.63. The smallest absolute Gasteiger partial charge is 0.375 e. The van der Waals surface area contributed by atoms with Crippen LogP contribution in [0.3, 0.4) is 0 Å². The van der Waals surface area contributed by atoms with E-state index in [1.54, 1.807) is 0 Å². The van der Waals surface area contributed by atoms with Gasteiger partial charge in [0.1, 0.15) is 0 Å². The van der Waals surface area contributed by atoms with Gasteiger partial charge in [-0.1, -0.05) is 0 Å². The standard InChI is InChI=1S/C11H8F9NO/c12-9(13,14)6-1-5(2-7(3-6)10(15,16)17)8(22,4-21)11(18,19)20/h1-3,22H,4,21H2. The van der Waals surface area contributed by atoms with Crippen LogP contribution in [-0.2, 0) is 18.0 Å². The number of alkyl halides is 9. The van der Waals surface area contributed by atoms with Crippen molar-refractivity contribution in [2.24, 2.45) is 5.73 Å². The minimum atomic E-state index is -5.56. The molecule has 0 aromatic heterocycles. The zero-order valence-electron chi connectivity index (χ0n) is 10.4. The zero-order chi connectivity index (χ0) is 17.6. The number of hydrogen-bond acceptors (Lipinski definition) is 2. The van der Waals surface area contributed by atoms with Crippen molar-refractivity contribution in [2.45, 2.75) is 24.1 Å². The zero-order valence-corrected chi connectivity index (χ0v) is 10.4. The molecule has 11 heteroatoms. The molecule has 1 aromatic rings. The van der Waals surface area contributed by atoms with Gasteiger partial charge in [0.05, 0.1) is 11.1 Å². The summed E-state index contributed by atoms with van der Waals surface area (Å²) in [6.07, 6.45) is -16.2. The molecule has 1 unspecified atom stereocenters. The van der Waals surface area contributed by atoms with Crippen molar-refractivity contribution in [1.82, 2.24) is 0 Å². The lowest BCUT2D eigenvalue weighted by molar-refractivity contribution is -0.262. The Morgan fingerprint density at radius 1 is 0.727 bits per heavy atom. The van der Waals surface area contributed by atoms with Crippen molar-refractivity contribution in [2.75, 3.05) is 6.54 Å². The van der Waals surface area contributed by atoms with Gasteiger partial charge in [-0.3, -0.25) is 0 Å². The van der Waals surface area contributed by atoms with Gasteiger partial charge in [0.2, 0.25) is 0 Å². The van der Waals surface area contributed by atoms with Crippen LogP contribution in [0.15, 0.2) is 18.2 Å². The second kappa shape index (κ2) is 5.30. The lowest BCUT2D eigenvalue weighted by atomic mass is 9.90. The largest absolute Gasteiger partial charge is 0.422 e. The molecule has 0 bridgehead atoms. The number of rotatable bonds is 2. The molecule has 0 spiro atoms. The molecule has 22 heavy (non-hydrogen) atoms. The van der Waals surface area contributed by atoms with Crippen molar-refractivity contribution in [3.8, 4) is 0 Å². The predicted molar refractivity (Wildman–Crippen MR) is 55.5 cm³/mol. The van der Waals surface area contributed by atoms with E-state index in [1.807, 2.05) is 0 Å². The lowest BCUT2D eigenvalue weighted by Gasteiger charge is -2.30. The molecule has 0 aliphatic carbocycles. The Morgan fingerprint density at radius 3 is 1.27 bits per heavy atom. The molecule has 2 nitrogen and oxygen atoms in total. The molecule has 0 amide bonds. The van der Waals surface area contributed by atoms with E-state index in [-0.39, 0.29) is 18.2 Å². The van der Waals surface area contributed by atoms with E-state index < -0.39 is 47.4 Å². The van der Waals surface area contributed by atoms with Gasteiger partial charge in [0.25, 0.3) is 0 Å². The van der Waals surface area contributed by atoms with Crippen molar-refractivity contribution in [3.05, 3.63) is 34.9 Å². The monoisotopic (exact) mass is 341 g/mol. The van der Waals surface area contributed by atoms with Gasteiger partial charge in [-0.15, -0.1) is 0 Å². The third-order valence-corrected chi connectivity index (χ3v) is 2.83. The average Bonchev–Trinajstić information content (AvgIpc) is 2.33. The van der Waals surface area contributed by atoms with Crippen molar-refractivity contribution < 1.29 is 44.6 Å². The number of benzene rings is 1. The molecule has 0 aliphatic heterocycles. The summed E-state index contributed by atoms with van der Waals surface area (Å²) in [6, 6.07) is -0.776. The van der Waals surface area contributed by atoms with Gasteiger partial charge < -0.3 is 10.8 Å². The SMILES string of the molecule is NCC(O)(c1cc(C(F)(F)F)cc(C(F)(F)F)c1)C(F)(F)F. The summed E-state index contributed by atoms with van der Waals surface area (Å²) in [5, 5.41) is 9.42. The van der Waals surface area contributed by atoms with Crippen LogP contribution in [-0.4, -0.2) is 17.8 Å². The van der Waals surface area contributed by atoms with E-state index in [2.05, 4.69) is 0 Å². The van der Waals surface area contributed by atoms with Crippen LogP contribution in [0.1, 0.15) is 16.7 Å². The van der Waals surface area contributed by atoms with Gasteiger partial charge in [-0.05, 0) is 23.8 Å². The van der Waals surface area contributed by atoms with Gasteiger partial charge in [0.15, 0.2) is 5.60 Å². The fourth-order valence-electron chi connectivity index (χ4n) is 1.59. The molecule has 1 rings (SSSR count). The number of hydrogen-bond donors (Lipinski definition) is 2. The fraction of sp³-hybridized carbons (Fsp3) is 0.455. The number of nitrogens with two attached hydrogens (primary N) is 1. The highest BCUT2D eigenvalue weighted by Gasteiger charge is 2.55. The summed E-state index contributed by atoms with van der Waals surface area (Å²) in [6.45, 7) is -1.64. The fourth-order valence-corrected chi connectivity index (χ4v) is 1.59. The second-order valence-electron chi connectivity index (χ2n) is 4.36. The maximum atomic E-state index is 12.8. The number of aliphatic hydroxyl groups is 1. The Kier molecular flexibility index (Phi) is 4.47. The third kappa shape index (κ3) is 3.46. The summed E-state index contributed by atoms with van der Waals surface area (Å²) in [5.41, 5.74) is -4.91. The summed E-state index contributed by atoms with van der Waals surface area (Å²) in [7, 11) is 0. The van der Waals surface area contributed by atoms with E-state index in [1.165, 1.54) is 0 Å². The molecule has 126 valence electrons. The highest BCUT2D eigenvalue weighted by molar-refractivity contribution is 5.37. The Bertz CT molecular complexity index is 514. The normalized spacial score (nSPS) is 16.5. The topological polar surface area (TPSA) is 46.2 Å². The first-order valence-electron chi connectivity index (χ1n) is 5.42.